The van der Waals surface area contributed by atoms with Gasteiger partial charge in [-0.05, 0) is 36.2 Å². The van der Waals surface area contributed by atoms with Gasteiger partial charge in [0.05, 0.1) is 18.6 Å². The minimum absolute atomic E-state index is 0.710. The minimum atomic E-state index is 0.710. The Labute approximate surface area is 153 Å². The Kier molecular flexibility index (Phi) is 5.91. The fourth-order valence-corrected chi connectivity index (χ4v) is 2.68. The number of nitrogens with zero attached hydrogens (tertiary/aromatic N) is 2. The summed E-state index contributed by atoms with van der Waals surface area (Å²) in [5.74, 6) is 0.873. The van der Waals surface area contributed by atoms with Crippen LogP contribution in [0.5, 0.6) is 5.75 Å². The van der Waals surface area contributed by atoms with E-state index in [4.69, 9.17) is 16.3 Å². The van der Waals surface area contributed by atoms with Crippen LogP contribution < -0.4 is 4.74 Å². The van der Waals surface area contributed by atoms with Crippen LogP contribution in [-0.2, 0) is 0 Å². The van der Waals surface area contributed by atoms with Gasteiger partial charge < -0.3 is 9.30 Å². The molecule has 3 nitrogen and oxygen atoms in total. The number of imidazole rings is 1. The SMILES string of the molecule is CCCCOc1cc(-n2ccnc2)ccc1C=Cc1cccc(Cl)c1. The van der Waals surface area contributed by atoms with E-state index in [0.29, 0.717) is 6.61 Å². The number of rotatable bonds is 7. The van der Waals surface area contributed by atoms with E-state index in [0.717, 1.165) is 40.4 Å². The molecule has 0 spiro atoms. The summed E-state index contributed by atoms with van der Waals surface area (Å²) in [4.78, 5) is 4.11. The van der Waals surface area contributed by atoms with Crippen LogP contribution in [0.4, 0.5) is 0 Å². The Balaban J connectivity index is 1.88. The quantitative estimate of drug-likeness (QED) is 0.392. The van der Waals surface area contributed by atoms with Crippen molar-refractivity contribution in [2.45, 2.75) is 19.8 Å². The summed E-state index contributed by atoms with van der Waals surface area (Å²) in [6.07, 6.45) is 11.7. The van der Waals surface area contributed by atoms with Gasteiger partial charge in [0.1, 0.15) is 5.75 Å². The molecule has 0 radical (unpaired) electrons. The molecule has 0 unspecified atom stereocenters. The molecule has 1 aromatic heterocycles. The molecule has 0 saturated carbocycles. The van der Waals surface area contributed by atoms with Gasteiger partial charge in [0.25, 0.3) is 0 Å². The molecule has 2 aromatic carbocycles. The van der Waals surface area contributed by atoms with Crippen molar-refractivity contribution in [3.05, 3.63) is 77.3 Å². The smallest absolute Gasteiger partial charge is 0.128 e. The van der Waals surface area contributed by atoms with Crippen molar-refractivity contribution in [3.8, 4) is 11.4 Å². The zero-order chi connectivity index (χ0) is 17.5. The molecule has 1 heterocycles. The van der Waals surface area contributed by atoms with E-state index in [-0.39, 0.29) is 0 Å². The number of halogens is 1. The topological polar surface area (TPSA) is 27.1 Å². The fraction of sp³-hybridized carbons (Fsp3) is 0.190. The van der Waals surface area contributed by atoms with Gasteiger partial charge >= 0.3 is 0 Å². The first-order valence-corrected chi connectivity index (χ1v) is 8.83. The van der Waals surface area contributed by atoms with Crippen molar-refractivity contribution in [2.24, 2.45) is 0 Å². The van der Waals surface area contributed by atoms with Crippen LogP contribution in [0.15, 0.2) is 61.2 Å². The fourth-order valence-electron chi connectivity index (χ4n) is 2.48. The molecule has 3 rings (SSSR count). The van der Waals surface area contributed by atoms with Gasteiger partial charge in [0.2, 0.25) is 0 Å². The normalized spacial score (nSPS) is 11.1. The average molecular weight is 353 g/mol. The lowest BCUT2D eigenvalue weighted by atomic mass is 10.1. The molecule has 0 aliphatic rings. The Hall–Kier alpha value is -2.52. The largest absolute Gasteiger partial charge is 0.493 e. The number of ether oxygens (including phenoxy) is 1. The zero-order valence-electron chi connectivity index (χ0n) is 14.2. The third-order valence-corrected chi connectivity index (χ3v) is 4.09. The van der Waals surface area contributed by atoms with Crippen molar-refractivity contribution in [2.75, 3.05) is 6.61 Å². The van der Waals surface area contributed by atoms with Crippen LogP contribution in [0.2, 0.25) is 5.02 Å². The molecule has 0 aliphatic carbocycles. The molecule has 0 saturated heterocycles. The maximum Gasteiger partial charge on any atom is 0.128 e. The summed E-state index contributed by atoms with van der Waals surface area (Å²) in [7, 11) is 0. The predicted molar refractivity (Wildman–Crippen MR) is 104 cm³/mol. The lowest BCUT2D eigenvalue weighted by molar-refractivity contribution is 0.308. The highest BCUT2D eigenvalue weighted by atomic mass is 35.5. The van der Waals surface area contributed by atoms with Gasteiger partial charge in [-0.3, -0.25) is 0 Å². The molecule has 0 atom stereocenters. The van der Waals surface area contributed by atoms with E-state index >= 15 is 0 Å². The molecule has 0 amide bonds. The maximum absolute atomic E-state index is 6.05. The number of hydrogen-bond donors (Lipinski definition) is 0. The van der Waals surface area contributed by atoms with E-state index in [1.807, 2.05) is 41.1 Å². The lowest BCUT2D eigenvalue weighted by Gasteiger charge is -2.11. The van der Waals surface area contributed by atoms with Gasteiger partial charge in [-0.25, -0.2) is 4.98 Å². The molecule has 4 heteroatoms. The minimum Gasteiger partial charge on any atom is -0.493 e. The van der Waals surface area contributed by atoms with Crippen LogP contribution in [0.3, 0.4) is 0 Å². The van der Waals surface area contributed by atoms with Crippen LogP contribution in [0.25, 0.3) is 17.8 Å². The first-order chi connectivity index (χ1) is 12.3. The Morgan fingerprint density at radius 2 is 2.08 bits per heavy atom. The molecule has 0 N–H and O–H groups in total. The second-order valence-corrected chi connectivity index (χ2v) is 6.22. The molecule has 0 bridgehead atoms. The van der Waals surface area contributed by atoms with Crippen molar-refractivity contribution in [1.29, 1.82) is 0 Å². The summed E-state index contributed by atoms with van der Waals surface area (Å²) < 4.78 is 7.99. The number of benzene rings is 2. The molecule has 128 valence electrons. The Bertz CT molecular complexity index is 841. The molecule has 3 aromatic rings. The van der Waals surface area contributed by atoms with Crippen LogP contribution in [0.1, 0.15) is 30.9 Å². The van der Waals surface area contributed by atoms with Crippen LogP contribution >= 0.6 is 11.6 Å². The van der Waals surface area contributed by atoms with E-state index in [9.17, 15) is 0 Å². The Morgan fingerprint density at radius 3 is 2.84 bits per heavy atom. The van der Waals surface area contributed by atoms with Gasteiger partial charge in [-0.15, -0.1) is 0 Å². The highest BCUT2D eigenvalue weighted by Crippen LogP contribution is 2.25. The van der Waals surface area contributed by atoms with E-state index in [1.54, 1.807) is 12.5 Å². The van der Waals surface area contributed by atoms with Gasteiger partial charge in [-0.1, -0.05) is 49.2 Å². The summed E-state index contributed by atoms with van der Waals surface area (Å²) in [6, 6.07) is 14.0. The van der Waals surface area contributed by atoms with Crippen molar-refractivity contribution >= 4 is 23.8 Å². The van der Waals surface area contributed by atoms with E-state index in [2.05, 4.69) is 36.2 Å². The summed E-state index contributed by atoms with van der Waals surface area (Å²) in [6.45, 7) is 2.87. The Morgan fingerprint density at radius 1 is 1.16 bits per heavy atom. The summed E-state index contributed by atoms with van der Waals surface area (Å²) in [5.41, 5.74) is 3.13. The third-order valence-electron chi connectivity index (χ3n) is 3.86. The predicted octanol–water partition coefficient (Wildman–Crippen LogP) is 5.88. The third kappa shape index (κ3) is 4.74. The zero-order valence-corrected chi connectivity index (χ0v) is 15.0. The van der Waals surface area contributed by atoms with Gasteiger partial charge in [-0.2, -0.15) is 0 Å². The molecule has 0 fully saturated rings. The second kappa shape index (κ2) is 8.54. The van der Waals surface area contributed by atoms with Crippen LogP contribution in [0, 0.1) is 0 Å². The van der Waals surface area contributed by atoms with Gasteiger partial charge in [0.15, 0.2) is 0 Å². The standard InChI is InChI=1S/C21H21ClN2O/c1-2-3-13-25-21-15-20(24-12-11-23-16-24)10-9-18(21)8-7-17-5-4-6-19(22)14-17/h4-12,14-16H,2-3,13H2,1H3. The van der Waals surface area contributed by atoms with Gasteiger partial charge in [0, 0.05) is 29.0 Å². The summed E-state index contributed by atoms with van der Waals surface area (Å²) >= 11 is 6.05. The van der Waals surface area contributed by atoms with Crippen molar-refractivity contribution in [1.82, 2.24) is 9.55 Å². The molecule has 0 aliphatic heterocycles. The number of unbranched alkanes of at least 4 members (excludes halogenated alkanes) is 1. The highest BCUT2D eigenvalue weighted by molar-refractivity contribution is 6.30. The molecular weight excluding hydrogens is 332 g/mol. The number of hydrogen-bond acceptors (Lipinski definition) is 2. The summed E-state index contributed by atoms with van der Waals surface area (Å²) in [5, 5.41) is 0.733. The molecule has 25 heavy (non-hydrogen) atoms. The van der Waals surface area contributed by atoms with Crippen molar-refractivity contribution < 1.29 is 4.74 Å². The molecular formula is C21H21ClN2O. The van der Waals surface area contributed by atoms with Crippen LogP contribution in [-0.4, -0.2) is 16.2 Å². The average Bonchev–Trinajstić information content (AvgIpc) is 3.15. The second-order valence-electron chi connectivity index (χ2n) is 5.78. The lowest BCUT2D eigenvalue weighted by Crippen LogP contribution is -2.00. The first-order valence-electron chi connectivity index (χ1n) is 8.45. The van der Waals surface area contributed by atoms with Crippen molar-refractivity contribution in [3.63, 3.8) is 0 Å². The first kappa shape index (κ1) is 17.3. The van der Waals surface area contributed by atoms with E-state index < -0.39 is 0 Å². The van der Waals surface area contributed by atoms with E-state index in [1.165, 1.54) is 0 Å². The maximum atomic E-state index is 6.05. The highest BCUT2D eigenvalue weighted by Gasteiger charge is 2.05. The monoisotopic (exact) mass is 352 g/mol. The number of aromatic nitrogens is 2.